The fraction of sp³-hybridized carbons (Fsp3) is 0.111. The molecule has 0 fully saturated rings. The summed E-state index contributed by atoms with van der Waals surface area (Å²) in [5.74, 6) is -0.420. The average molecular weight is 331 g/mol. The standard InChI is InChI=1S/C18H15F2NO3/c1-12(22)21-15-7-2-13(3-8-15)4-11-17(23)14-5-9-16(10-6-14)24-18(19)20/h2-11,18H,1H3,(H,21,22)/b11-4+. The Kier molecular flexibility index (Phi) is 5.78. The van der Waals surface area contributed by atoms with Crippen molar-refractivity contribution in [3.8, 4) is 5.75 Å². The molecule has 0 atom stereocenters. The number of amides is 1. The summed E-state index contributed by atoms with van der Waals surface area (Å²) < 4.78 is 28.3. The number of alkyl halides is 2. The molecule has 2 rings (SSSR count). The van der Waals surface area contributed by atoms with Crippen LogP contribution in [0.4, 0.5) is 14.5 Å². The van der Waals surface area contributed by atoms with Crippen LogP contribution in [0, 0.1) is 0 Å². The van der Waals surface area contributed by atoms with E-state index in [1.165, 1.54) is 37.3 Å². The van der Waals surface area contributed by atoms with Crippen molar-refractivity contribution in [2.24, 2.45) is 0 Å². The molecule has 0 heterocycles. The first kappa shape index (κ1) is 17.3. The molecule has 0 bridgehead atoms. The molecule has 2 aromatic rings. The number of allylic oxidation sites excluding steroid dienone is 1. The number of hydrogen-bond acceptors (Lipinski definition) is 3. The number of rotatable bonds is 6. The van der Waals surface area contributed by atoms with E-state index in [0.717, 1.165) is 5.56 Å². The summed E-state index contributed by atoms with van der Waals surface area (Å²) in [7, 11) is 0. The summed E-state index contributed by atoms with van der Waals surface area (Å²) in [5.41, 5.74) is 1.82. The monoisotopic (exact) mass is 331 g/mol. The number of carbonyl (C=O) groups is 2. The van der Waals surface area contributed by atoms with Gasteiger partial charge in [-0.25, -0.2) is 0 Å². The second kappa shape index (κ2) is 8.01. The van der Waals surface area contributed by atoms with Crippen LogP contribution in [-0.2, 0) is 4.79 Å². The smallest absolute Gasteiger partial charge is 0.387 e. The molecular formula is C18H15F2NO3. The Morgan fingerprint density at radius 1 is 1.04 bits per heavy atom. The maximum atomic E-state index is 12.1. The lowest BCUT2D eigenvalue weighted by molar-refractivity contribution is -0.114. The highest BCUT2D eigenvalue weighted by molar-refractivity contribution is 6.06. The molecule has 0 spiro atoms. The molecule has 0 saturated carbocycles. The van der Waals surface area contributed by atoms with Gasteiger partial charge in [0.25, 0.3) is 0 Å². The van der Waals surface area contributed by atoms with Gasteiger partial charge in [0.15, 0.2) is 5.78 Å². The van der Waals surface area contributed by atoms with Crippen LogP contribution in [0.1, 0.15) is 22.8 Å². The molecule has 1 N–H and O–H groups in total. The molecule has 0 unspecified atom stereocenters. The van der Waals surface area contributed by atoms with E-state index in [1.54, 1.807) is 30.3 Å². The van der Waals surface area contributed by atoms with Crippen molar-refractivity contribution in [1.82, 2.24) is 0 Å². The maximum absolute atomic E-state index is 12.1. The van der Waals surface area contributed by atoms with E-state index in [-0.39, 0.29) is 17.4 Å². The van der Waals surface area contributed by atoms with Crippen molar-refractivity contribution in [2.45, 2.75) is 13.5 Å². The number of anilines is 1. The van der Waals surface area contributed by atoms with Gasteiger partial charge in [-0.05, 0) is 48.0 Å². The molecule has 0 aromatic heterocycles. The SMILES string of the molecule is CC(=O)Nc1ccc(/C=C/C(=O)c2ccc(OC(F)F)cc2)cc1. The van der Waals surface area contributed by atoms with E-state index in [2.05, 4.69) is 10.1 Å². The zero-order valence-electron chi connectivity index (χ0n) is 12.8. The van der Waals surface area contributed by atoms with E-state index in [0.29, 0.717) is 11.3 Å². The molecule has 0 aliphatic heterocycles. The van der Waals surface area contributed by atoms with E-state index < -0.39 is 6.61 Å². The van der Waals surface area contributed by atoms with Gasteiger partial charge in [0.05, 0.1) is 0 Å². The van der Waals surface area contributed by atoms with Crippen molar-refractivity contribution in [3.63, 3.8) is 0 Å². The molecule has 0 saturated heterocycles. The Morgan fingerprint density at radius 2 is 1.67 bits per heavy atom. The zero-order valence-corrected chi connectivity index (χ0v) is 12.8. The number of benzene rings is 2. The predicted molar refractivity (Wildman–Crippen MR) is 87.2 cm³/mol. The maximum Gasteiger partial charge on any atom is 0.387 e. The van der Waals surface area contributed by atoms with Crippen molar-refractivity contribution >= 4 is 23.5 Å². The van der Waals surface area contributed by atoms with Crippen LogP contribution in [0.15, 0.2) is 54.6 Å². The summed E-state index contributed by atoms with van der Waals surface area (Å²) in [6.45, 7) is -1.48. The summed E-state index contributed by atoms with van der Waals surface area (Å²) >= 11 is 0. The molecular weight excluding hydrogens is 316 g/mol. The van der Waals surface area contributed by atoms with E-state index >= 15 is 0 Å². The van der Waals surface area contributed by atoms with Gasteiger partial charge < -0.3 is 10.1 Å². The number of ether oxygens (including phenoxy) is 1. The third kappa shape index (κ3) is 5.31. The van der Waals surface area contributed by atoms with Gasteiger partial charge in [0, 0.05) is 18.2 Å². The van der Waals surface area contributed by atoms with Crippen LogP contribution >= 0.6 is 0 Å². The molecule has 4 nitrogen and oxygen atoms in total. The first-order valence-corrected chi connectivity index (χ1v) is 7.09. The predicted octanol–water partition coefficient (Wildman–Crippen LogP) is 4.14. The number of halogens is 2. The lowest BCUT2D eigenvalue weighted by Crippen LogP contribution is -2.05. The highest BCUT2D eigenvalue weighted by atomic mass is 19.3. The van der Waals surface area contributed by atoms with Gasteiger partial charge in [-0.15, -0.1) is 0 Å². The van der Waals surface area contributed by atoms with Crippen LogP contribution in [0.2, 0.25) is 0 Å². The van der Waals surface area contributed by atoms with Crippen LogP contribution in [0.5, 0.6) is 5.75 Å². The number of nitrogens with one attached hydrogen (secondary N) is 1. The molecule has 0 radical (unpaired) electrons. The van der Waals surface area contributed by atoms with E-state index in [4.69, 9.17) is 0 Å². The molecule has 2 aromatic carbocycles. The number of hydrogen-bond donors (Lipinski definition) is 1. The fourth-order valence-electron chi connectivity index (χ4n) is 1.95. The molecule has 1 amide bonds. The summed E-state index contributed by atoms with van der Waals surface area (Å²) in [5, 5.41) is 2.65. The number of carbonyl (C=O) groups excluding carboxylic acids is 2. The second-order valence-electron chi connectivity index (χ2n) is 4.90. The van der Waals surface area contributed by atoms with Crippen LogP contribution < -0.4 is 10.1 Å². The molecule has 0 aliphatic rings. The van der Waals surface area contributed by atoms with E-state index in [9.17, 15) is 18.4 Å². The minimum Gasteiger partial charge on any atom is -0.435 e. The second-order valence-corrected chi connectivity index (χ2v) is 4.90. The molecule has 0 aliphatic carbocycles. The lowest BCUT2D eigenvalue weighted by Gasteiger charge is -2.04. The van der Waals surface area contributed by atoms with Crippen LogP contribution in [0.25, 0.3) is 6.08 Å². The van der Waals surface area contributed by atoms with Gasteiger partial charge in [-0.3, -0.25) is 9.59 Å². The third-order valence-electron chi connectivity index (χ3n) is 3.02. The van der Waals surface area contributed by atoms with Gasteiger partial charge >= 0.3 is 6.61 Å². The zero-order chi connectivity index (χ0) is 17.5. The van der Waals surface area contributed by atoms with Gasteiger partial charge in [-0.2, -0.15) is 8.78 Å². The van der Waals surface area contributed by atoms with Crippen LogP contribution in [0.3, 0.4) is 0 Å². The quantitative estimate of drug-likeness (QED) is 0.639. The summed E-state index contributed by atoms with van der Waals surface area (Å²) in [4.78, 5) is 23.0. The first-order chi connectivity index (χ1) is 11.4. The van der Waals surface area contributed by atoms with E-state index in [1.807, 2.05) is 0 Å². The Labute approximate surface area is 137 Å². The summed E-state index contributed by atoms with van der Waals surface area (Å²) in [6.07, 6.45) is 3.01. The lowest BCUT2D eigenvalue weighted by atomic mass is 10.1. The largest absolute Gasteiger partial charge is 0.435 e. The molecule has 24 heavy (non-hydrogen) atoms. The van der Waals surface area contributed by atoms with Gasteiger partial charge in [-0.1, -0.05) is 18.2 Å². The first-order valence-electron chi connectivity index (χ1n) is 7.09. The average Bonchev–Trinajstić information content (AvgIpc) is 2.53. The van der Waals surface area contributed by atoms with Crippen LogP contribution in [-0.4, -0.2) is 18.3 Å². The Balaban J connectivity index is 2.00. The van der Waals surface area contributed by atoms with Crippen molar-refractivity contribution < 1.29 is 23.1 Å². The van der Waals surface area contributed by atoms with Crippen molar-refractivity contribution in [3.05, 3.63) is 65.7 Å². The third-order valence-corrected chi connectivity index (χ3v) is 3.02. The van der Waals surface area contributed by atoms with Crippen molar-refractivity contribution in [2.75, 3.05) is 5.32 Å². The summed E-state index contributed by atoms with van der Waals surface area (Å²) in [6, 6.07) is 12.4. The normalized spacial score (nSPS) is 10.8. The Hall–Kier alpha value is -3.02. The highest BCUT2D eigenvalue weighted by Gasteiger charge is 2.06. The van der Waals surface area contributed by atoms with Gasteiger partial charge in [0.2, 0.25) is 5.91 Å². The van der Waals surface area contributed by atoms with Crippen molar-refractivity contribution in [1.29, 1.82) is 0 Å². The minimum atomic E-state index is -2.90. The number of ketones is 1. The topological polar surface area (TPSA) is 55.4 Å². The Bertz CT molecular complexity index is 738. The highest BCUT2D eigenvalue weighted by Crippen LogP contribution is 2.16. The molecule has 124 valence electrons. The molecule has 6 heteroatoms. The Morgan fingerprint density at radius 3 is 2.21 bits per heavy atom. The van der Waals surface area contributed by atoms with Gasteiger partial charge in [0.1, 0.15) is 5.75 Å². The fourth-order valence-corrected chi connectivity index (χ4v) is 1.95. The minimum absolute atomic E-state index is 0.000843.